The van der Waals surface area contributed by atoms with Crippen LogP contribution in [0.3, 0.4) is 0 Å². The van der Waals surface area contributed by atoms with E-state index < -0.39 is 0 Å². The summed E-state index contributed by atoms with van der Waals surface area (Å²) in [5.74, 6) is 0. The van der Waals surface area contributed by atoms with Gasteiger partial charge in [-0.25, -0.2) is 0 Å². The Morgan fingerprint density at radius 3 is 1.50 bits per heavy atom. The molecule has 20 heavy (non-hydrogen) atoms. The lowest BCUT2D eigenvalue weighted by Gasteiger charge is -2.28. The van der Waals surface area contributed by atoms with Crippen molar-refractivity contribution in [3.63, 3.8) is 0 Å². The second-order valence-corrected chi connectivity index (χ2v) is 5.65. The number of nitrogens with zero attached hydrogens (tertiary/aromatic N) is 1. The van der Waals surface area contributed by atoms with Crippen molar-refractivity contribution < 1.29 is 0 Å². The van der Waals surface area contributed by atoms with Crippen LogP contribution in [0.4, 0.5) is 0 Å². The molecule has 1 nitrogen and oxygen atoms in total. The average Bonchev–Trinajstić information content (AvgIpc) is 2.97. The molecule has 2 aromatic carbocycles. The van der Waals surface area contributed by atoms with Crippen molar-refractivity contribution in [2.75, 3.05) is 13.1 Å². The first-order chi connectivity index (χ1) is 9.74. The smallest absolute Gasteiger partial charge is 0.0607 e. The molecule has 0 saturated carbocycles. The van der Waals surface area contributed by atoms with Crippen molar-refractivity contribution >= 4 is 0 Å². The van der Waals surface area contributed by atoms with Gasteiger partial charge >= 0.3 is 0 Å². The van der Waals surface area contributed by atoms with Crippen molar-refractivity contribution in [1.29, 1.82) is 0 Å². The molecule has 0 N–H and O–H groups in total. The summed E-state index contributed by atoms with van der Waals surface area (Å²) in [5.41, 5.74) is 5.39. The van der Waals surface area contributed by atoms with Crippen LogP contribution in [0.5, 0.6) is 0 Å². The molecule has 1 heteroatoms. The maximum Gasteiger partial charge on any atom is 0.0607 e. The fraction of sp³-hybridized carbons (Fsp3) is 0.263. The summed E-state index contributed by atoms with van der Waals surface area (Å²) in [5, 5.41) is 0. The molecule has 1 aliphatic rings. The summed E-state index contributed by atoms with van der Waals surface area (Å²) < 4.78 is 0. The quantitative estimate of drug-likeness (QED) is 0.748. The average molecular weight is 263 g/mol. The van der Waals surface area contributed by atoms with Crippen molar-refractivity contribution in [1.82, 2.24) is 4.90 Å². The van der Waals surface area contributed by atoms with E-state index in [4.69, 9.17) is 0 Å². The minimum atomic E-state index is 0.353. The molecule has 0 spiro atoms. The van der Waals surface area contributed by atoms with Gasteiger partial charge in [0.1, 0.15) is 0 Å². The number of aryl methyl sites for hydroxylation is 2. The molecular formula is C19H21N. The van der Waals surface area contributed by atoms with Crippen LogP contribution < -0.4 is 0 Å². The van der Waals surface area contributed by atoms with E-state index in [1.54, 1.807) is 0 Å². The SMILES string of the molecule is Cc1ccc(C(c2ccc(C)cc2)N2CC=CC2)cc1. The summed E-state index contributed by atoms with van der Waals surface area (Å²) in [6, 6.07) is 18.2. The van der Waals surface area contributed by atoms with Crippen LogP contribution in [-0.4, -0.2) is 18.0 Å². The van der Waals surface area contributed by atoms with Crippen molar-refractivity contribution in [2.24, 2.45) is 0 Å². The maximum absolute atomic E-state index is 2.51. The monoisotopic (exact) mass is 263 g/mol. The van der Waals surface area contributed by atoms with Gasteiger partial charge in [-0.15, -0.1) is 0 Å². The highest BCUT2D eigenvalue weighted by Crippen LogP contribution is 2.30. The van der Waals surface area contributed by atoms with Gasteiger partial charge < -0.3 is 0 Å². The summed E-state index contributed by atoms with van der Waals surface area (Å²) in [7, 11) is 0. The van der Waals surface area contributed by atoms with Crippen molar-refractivity contribution in [3.8, 4) is 0 Å². The zero-order valence-corrected chi connectivity index (χ0v) is 12.2. The van der Waals surface area contributed by atoms with Crippen molar-refractivity contribution in [2.45, 2.75) is 19.9 Å². The highest BCUT2D eigenvalue weighted by Gasteiger charge is 2.22. The van der Waals surface area contributed by atoms with Gasteiger partial charge in [-0.05, 0) is 25.0 Å². The van der Waals surface area contributed by atoms with E-state index in [9.17, 15) is 0 Å². The van der Waals surface area contributed by atoms with Gasteiger partial charge in [-0.2, -0.15) is 0 Å². The van der Waals surface area contributed by atoms with E-state index in [1.807, 2.05) is 0 Å². The number of rotatable bonds is 3. The molecular weight excluding hydrogens is 242 g/mol. The van der Waals surface area contributed by atoms with E-state index in [1.165, 1.54) is 22.3 Å². The molecule has 0 aromatic heterocycles. The summed E-state index contributed by atoms with van der Waals surface area (Å²) in [6.07, 6.45) is 4.52. The number of benzene rings is 2. The standard InChI is InChI=1S/C19H21N/c1-15-5-9-17(10-6-15)19(20-13-3-4-14-20)18-11-7-16(2)8-12-18/h3-12,19H,13-14H2,1-2H3. The van der Waals surface area contributed by atoms with Gasteiger partial charge in [0.05, 0.1) is 6.04 Å². The molecule has 2 aromatic rings. The van der Waals surface area contributed by atoms with Crippen LogP contribution in [-0.2, 0) is 0 Å². The second kappa shape index (κ2) is 5.64. The van der Waals surface area contributed by atoms with E-state index in [0.29, 0.717) is 6.04 Å². The summed E-state index contributed by atoms with van der Waals surface area (Å²) in [4.78, 5) is 2.51. The molecule has 3 rings (SSSR count). The van der Waals surface area contributed by atoms with Crippen LogP contribution in [0.25, 0.3) is 0 Å². The Bertz CT molecular complexity index is 539. The van der Waals surface area contributed by atoms with Crippen LogP contribution in [0.1, 0.15) is 28.3 Å². The van der Waals surface area contributed by atoms with Crippen LogP contribution in [0.15, 0.2) is 60.7 Å². The Kier molecular flexibility index (Phi) is 3.70. The van der Waals surface area contributed by atoms with E-state index in [-0.39, 0.29) is 0 Å². The molecule has 1 aliphatic heterocycles. The van der Waals surface area contributed by atoms with Gasteiger partial charge in [0.25, 0.3) is 0 Å². The fourth-order valence-electron chi connectivity index (χ4n) is 2.82. The molecule has 0 fully saturated rings. The van der Waals surface area contributed by atoms with Gasteiger partial charge in [-0.1, -0.05) is 71.8 Å². The predicted octanol–water partition coefficient (Wildman–Crippen LogP) is 4.26. The Morgan fingerprint density at radius 2 is 1.10 bits per heavy atom. The van der Waals surface area contributed by atoms with Crippen LogP contribution in [0, 0.1) is 13.8 Å². The second-order valence-electron chi connectivity index (χ2n) is 5.65. The summed E-state index contributed by atoms with van der Waals surface area (Å²) >= 11 is 0. The predicted molar refractivity (Wildman–Crippen MR) is 84.9 cm³/mol. The topological polar surface area (TPSA) is 3.24 Å². The minimum Gasteiger partial charge on any atom is -0.285 e. The molecule has 0 bridgehead atoms. The Balaban J connectivity index is 1.99. The molecule has 0 unspecified atom stereocenters. The molecule has 0 amide bonds. The number of hydrogen-bond donors (Lipinski definition) is 0. The van der Waals surface area contributed by atoms with Crippen molar-refractivity contribution in [3.05, 3.63) is 82.9 Å². The Hall–Kier alpha value is -1.86. The largest absolute Gasteiger partial charge is 0.285 e. The molecule has 1 heterocycles. The highest BCUT2D eigenvalue weighted by molar-refractivity contribution is 5.35. The first-order valence-electron chi connectivity index (χ1n) is 7.26. The van der Waals surface area contributed by atoms with Gasteiger partial charge in [-0.3, -0.25) is 4.90 Å². The first-order valence-corrected chi connectivity index (χ1v) is 7.26. The third-order valence-electron chi connectivity index (χ3n) is 4.00. The van der Waals surface area contributed by atoms with Gasteiger partial charge in [0, 0.05) is 13.1 Å². The molecule has 0 saturated heterocycles. The minimum absolute atomic E-state index is 0.353. The first kappa shape index (κ1) is 13.1. The zero-order valence-electron chi connectivity index (χ0n) is 12.2. The normalized spacial score (nSPS) is 15.2. The molecule has 0 atom stereocenters. The Labute approximate surface area is 121 Å². The lowest BCUT2D eigenvalue weighted by molar-refractivity contribution is 0.293. The molecule has 0 aliphatic carbocycles. The maximum atomic E-state index is 2.51. The lowest BCUT2D eigenvalue weighted by atomic mass is 9.96. The summed E-state index contributed by atoms with van der Waals surface area (Å²) in [6.45, 7) is 6.35. The lowest BCUT2D eigenvalue weighted by Crippen LogP contribution is -2.27. The third kappa shape index (κ3) is 2.68. The zero-order chi connectivity index (χ0) is 13.9. The fourth-order valence-corrected chi connectivity index (χ4v) is 2.82. The third-order valence-corrected chi connectivity index (χ3v) is 4.00. The van der Waals surface area contributed by atoms with Crippen LogP contribution >= 0.6 is 0 Å². The highest BCUT2D eigenvalue weighted by atomic mass is 15.2. The van der Waals surface area contributed by atoms with E-state index in [0.717, 1.165) is 13.1 Å². The van der Waals surface area contributed by atoms with Crippen LogP contribution in [0.2, 0.25) is 0 Å². The molecule has 0 radical (unpaired) electrons. The van der Waals surface area contributed by atoms with Gasteiger partial charge in [0.2, 0.25) is 0 Å². The van der Waals surface area contributed by atoms with E-state index in [2.05, 4.69) is 79.4 Å². The van der Waals surface area contributed by atoms with E-state index >= 15 is 0 Å². The number of hydrogen-bond acceptors (Lipinski definition) is 1. The molecule has 102 valence electrons. The Morgan fingerprint density at radius 1 is 0.700 bits per heavy atom. The van der Waals surface area contributed by atoms with Gasteiger partial charge in [0.15, 0.2) is 0 Å².